The summed E-state index contributed by atoms with van der Waals surface area (Å²) in [7, 11) is 0. The first kappa shape index (κ1) is 14.4. The molecule has 3 N–H and O–H groups in total. The van der Waals surface area contributed by atoms with Crippen LogP contribution in [0, 0.1) is 6.92 Å². The maximum atomic E-state index is 6.45. The molecule has 118 valence electrons. The van der Waals surface area contributed by atoms with Crippen LogP contribution in [0.2, 0.25) is 0 Å². The van der Waals surface area contributed by atoms with Gasteiger partial charge in [0, 0.05) is 12.3 Å². The van der Waals surface area contributed by atoms with E-state index in [1.54, 1.807) is 0 Å². The van der Waals surface area contributed by atoms with E-state index in [1.165, 1.54) is 0 Å². The van der Waals surface area contributed by atoms with Crippen molar-refractivity contribution in [3.63, 3.8) is 0 Å². The van der Waals surface area contributed by atoms with Gasteiger partial charge in [0.2, 0.25) is 0 Å². The summed E-state index contributed by atoms with van der Waals surface area (Å²) in [4.78, 5) is 12.6. The predicted molar refractivity (Wildman–Crippen MR) is 90.0 cm³/mol. The smallest absolute Gasteiger partial charge is 0.126 e. The van der Waals surface area contributed by atoms with Gasteiger partial charge in [0.1, 0.15) is 5.82 Å². The van der Waals surface area contributed by atoms with Crippen LogP contribution in [0.1, 0.15) is 30.4 Å². The van der Waals surface area contributed by atoms with Crippen molar-refractivity contribution in [2.75, 3.05) is 6.61 Å². The molecule has 2 aromatic heterocycles. The maximum absolute atomic E-state index is 6.45. The SMILES string of the molecule is Cc1nc(C(N)C2CCCO2)c2[nH]c(-c3ccccc3)cc2n1. The number of H-pyrrole nitrogens is 1. The lowest BCUT2D eigenvalue weighted by Crippen LogP contribution is -2.27. The third kappa shape index (κ3) is 2.62. The lowest BCUT2D eigenvalue weighted by molar-refractivity contribution is 0.0892. The molecule has 0 bridgehead atoms. The molecule has 2 unspecified atom stereocenters. The van der Waals surface area contributed by atoms with Gasteiger partial charge in [-0.05, 0) is 31.4 Å². The highest BCUT2D eigenvalue weighted by Gasteiger charge is 2.27. The van der Waals surface area contributed by atoms with Crippen molar-refractivity contribution in [3.05, 3.63) is 47.9 Å². The molecule has 2 atom stereocenters. The molecule has 4 rings (SSSR count). The van der Waals surface area contributed by atoms with Crippen LogP contribution >= 0.6 is 0 Å². The third-order valence-corrected chi connectivity index (χ3v) is 4.38. The lowest BCUT2D eigenvalue weighted by atomic mass is 10.0. The van der Waals surface area contributed by atoms with E-state index in [9.17, 15) is 0 Å². The number of rotatable bonds is 3. The van der Waals surface area contributed by atoms with Gasteiger partial charge in [-0.3, -0.25) is 0 Å². The predicted octanol–water partition coefficient (Wildman–Crippen LogP) is 3.11. The number of aromatic nitrogens is 3. The molecule has 1 aromatic carbocycles. The first-order valence-corrected chi connectivity index (χ1v) is 8.02. The first-order valence-electron chi connectivity index (χ1n) is 8.02. The van der Waals surface area contributed by atoms with Crippen molar-refractivity contribution < 1.29 is 4.74 Å². The van der Waals surface area contributed by atoms with Crippen LogP contribution < -0.4 is 5.73 Å². The Balaban J connectivity index is 1.82. The normalized spacial score (nSPS) is 19.3. The minimum Gasteiger partial charge on any atom is -0.376 e. The lowest BCUT2D eigenvalue weighted by Gasteiger charge is -2.18. The molecule has 0 spiro atoms. The zero-order chi connectivity index (χ0) is 15.8. The fraction of sp³-hybridized carbons (Fsp3) is 0.333. The number of nitrogens with zero attached hydrogens (tertiary/aromatic N) is 2. The van der Waals surface area contributed by atoms with E-state index in [1.807, 2.05) is 25.1 Å². The molecule has 0 aliphatic carbocycles. The molecule has 23 heavy (non-hydrogen) atoms. The van der Waals surface area contributed by atoms with Gasteiger partial charge >= 0.3 is 0 Å². The van der Waals surface area contributed by atoms with E-state index in [0.717, 1.165) is 53.3 Å². The van der Waals surface area contributed by atoms with Gasteiger partial charge in [-0.1, -0.05) is 30.3 Å². The Morgan fingerprint density at radius 1 is 1.26 bits per heavy atom. The minimum absolute atomic E-state index is 0.0379. The van der Waals surface area contributed by atoms with Gasteiger partial charge in [0.25, 0.3) is 0 Å². The van der Waals surface area contributed by atoms with Crippen molar-refractivity contribution in [2.45, 2.75) is 31.9 Å². The van der Waals surface area contributed by atoms with E-state index < -0.39 is 0 Å². The van der Waals surface area contributed by atoms with Gasteiger partial charge in [-0.25, -0.2) is 9.97 Å². The number of nitrogens with two attached hydrogens (primary N) is 1. The monoisotopic (exact) mass is 308 g/mol. The molecule has 1 aliphatic rings. The van der Waals surface area contributed by atoms with Crippen molar-refractivity contribution >= 4 is 11.0 Å². The largest absolute Gasteiger partial charge is 0.376 e. The van der Waals surface area contributed by atoms with Gasteiger partial charge in [-0.2, -0.15) is 0 Å². The van der Waals surface area contributed by atoms with Crippen molar-refractivity contribution in [2.24, 2.45) is 5.73 Å². The summed E-state index contributed by atoms with van der Waals surface area (Å²) in [6.45, 7) is 2.69. The van der Waals surface area contributed by atoms with Gasteiger partial charge < -0.3 is 15.5 Å². The highest BCUT2D eigenvalue weighted by atomic mass is 16.5. The molecule has 0 saturated carbocycles. The number of aromatic amines is 1. The summed E-state index contributed by atoms with van der Waals surface area (Å²) in [6.07, 6.45) is 2.08. The molecule has 0 amide bonds. The molecule has 1 saturated heterocycles. The van der Waals surface area contributed by atoms with Crippen LogP contribution in [0.5, 0.6) is 0 Å². The second-order valence-corrected chi connectivity index (χ2v) is 6.04. The van der Waals surface area contributed by atoms with Crippen molar-refractivity contribution in [1.29, 1.82) is 0 Å². The Bertz CT molecular complexity index is 822. The molecule has 3 heterocycles. The standard InChI is InChI=1S/C18H20N4O/c1-11-20-14-10-13(12-6-3-2-4-7-12)22-17(14)18(21-11)16(19)15-8-5-9-23-15/h2-4,6-7,10,15-16,22H,5,8-9,19H2,1H3. The number of hydrogen-bond donors (Lipinski definition) is 2. The van der Waals surface area contributed by atoms with E-state index >= 15 is 0 Å². The Morgan fingerprint density at radius 3 is 2.83 bits per heavy atom. The van der Waals surface area contributed by atoms with E-state index in [4.69, 9.17) is 10.5 Å². The number of nitrogens with one attached hydrogen (secondary N) is 1. The molecule has 1 aliphatic heterocycles. The fourth-order valence-electron chi connectivity index (χ4n) is 3.23. The summed E-state index contributed by atoms with van der Waals surface area (Å²) in [5, 5.41) is 0. The highest BCUT2D eigenvalue weighted by Crippen LogP contribution is 2.30. The zero-order valence-corrected chi connectivity index (χ0v) is 13.1. The Hall–Kier alpha value is -2.24. The molecule has 1 fully saturated rings. The number of fused-ring (bicyclic) bond motifs is 1. The Kier molecular flexibility index (Phi) is 3.59. The van der Waals surface area contributed by atoms with Crippen LogP contribution in [-0.4, -0.2) is 27.7 Å². The molecular weight excluding hydrogens is 288 g/mol. The van der Waals surface area contributed by atoms with Crippen LogP contribution in [0.3, 0.4) is 0 Å². The number of ether oxygens (including phenoxy) is 1. The minimum atomic E-state index is -0.232. The van der Waals surface area contributed by atoms with Crippen LogP contribution in [0.4, 0.5) is 0 Å². The highest BCUT2D eigenvalue weighted by molar-refractivity contribution is 5.84. The summed E-state index contributed by atoms with van der Waals surface area (Å²) >= 11 is 0. The van der Waals surface area contributed by atoms with E-state index in [-0.39, 0.29) is 12.1 Å². The van der Waals surface area contributed by atoms with Gasteiger partial charge in [0.15, 0.2) is 0 Å². The topological polar surface area (TPSA) is 76.8 Å². The Morgan fingerprint density at radius 2 is 2.09 bits per heavy atom. The second-order valence-electron chi connectivity index (χ2n) is 6.04. The summed E-state index contributed by atoms with van der Waals surface area (Å²) in [5.41, 5.74) is 11.3. The van der Waals surface area contributed by atoms with E-state index in [0.29, 0.717) is 0 Å². The fourth-order valence-corrected chi connectivity index (χ4v) is 3.23. The summed E-state index contributed by atoms with van der Waals surface area (Å²) in [6, 6.07) is 12.0. The molecular formula is C18H20N4O. The molecule has 3 aromatic rings. The number of hydrogen-bond acceptors (Lipinski definition) is 4. The van der Waals surface area contributed by atoms with Gasteiger partial charge in [0.05, 0.1) is 28.9 Å². The van der Waals surface area contributed by atoms with Crippen LogP contribution in [0.25, 0.3) is 22.3 Å². The molecule has 5 heteroatoms. The average Bonchev–Trinajstić information content (AvgIpc) is 3.23. The Labute approximate surface area is 134 Å². The van der Waals surface area contributed by atoms with Gasteiger partial charge in [-0.15, -0.1) is 0 Å². The van der Waals surface area contributed by atoms with Crippen molar-refractivity contribution in [1.82, 2.24) is 15.0 Å². The molecule has 5 nitrogen and oxygen atoms in total. The zero-order valence-electron chi connectivity index (χ0n) is 13.1. The average molecular weight is 308 g/mol. The molecule has 0 radical (unpaired) electrons. The quantitative estimate of drug-likeness (QED) is 0.779. The van der Waals surface area contributed by atoms with Crippen LogP contribution in [0.15, 0.2) is 36.4 Å². The second kappa shape index (κ2) is 5.76. The number of aryl methyl sites for hydroxylation is 1. The maximum Gasteiger partial charge on any atom is 0.126 e. The van der Waals surface area contributed by atoms with Crippen molar-refractivity contribution in [3.8, 4) is 11.3 Å². The number of benzene rings is 1. The van der Waals surface area contributed by atoms with Crippen LogP contribution in [-0.2, 0) is 4.74 Å². The van der Waals surface area contributed by atoms with E-state index in [2.05, 4.69) is 33.2 Å². The summed E-state index contributed by atoms with van der Waals surface area (Å²) in [5.74, 6) is 0.736. The third-order valence-electron chi connectivity index (χ3n) is 4.38. The first-order chi connectivity index (χ1) is 11.2. The summed E-state index contributed by atoms with van der Waals surface area (Å²) < 4.78 is 5.75.